The summed E-state index contributed by atoms with van der Waals surface area (Å²) in [6.07, 6.45) is 0.310. The van der Waals surface area contributed by atoms with Crippen LogP contribution in [0.1, 0.15) is 28.5 Å². The molecule has 3 N–H and O–H groups in total. The molecule has 2 aliphatic heterocycles. The summed E-state index contributed by atoms with van der Waals surface area (Å²) in [6, 6.07) is 3.68. The molecule has 2 aromatic rings. The molecular formula is C15H15N3O4S. The van der Waals surface area contributed by atoms with Crippen molar-refractivity contribution >= 4 is 22.4 Å². The van der Waals surface area contributed by atoms with E-state index in [2.05, 4.69) is 10.3 Å². The van der Waals surface area contributed by atoms with Crippen LogP contribution < -0.4 is 25.3 Å². The number of rotatable bonds is 2. The van der Waals surface area contributed by atoms with Crippen molar-refractivity contribution in [3.63, 3.8) is 0 Å². The van der Waals surface area contributed by atoms with Crippen LogP contribution in [0.25, 0.3) is 0 Å². The van der Waals surface area contributed by atoms with E-state index in [1.54, 1.807) is 13.2 Å². The summed E-state index contributed by atoms with van der Waals surface area (Å²) in [6.45, 7) is 0.580. The molecule has 1 amide bonds. The number of fused-ring (bicyclic) bond motifs is 2. The number of hydrogen-bond acceptors (Lipinski definition) is 7. The van der Waals surface area contributed by atoms with Crippen LogP contribution in [-0.4, -0.2) is 24.8 Å². The highest BCUT2D eigenvalue weighted by Crippen LogP contribution is 2.46. The molecule has 120 valence electrons. The molecule has 8 heteroatoms. The molecule has 0 radical (unpaired) electrons. The van der Waals surface area contributed by atoms with Gasteiger partial charge in [-0.25, -0.2) is 4.98 Å². The first-order valence-electron chi connectivity index (χ1n) is 7.15. The Kier molecular flexibility index (Phi) is 3.26. The third kappa shape index (κ3) is 2.35. The summed E-state index contributed by atoms with van der Waals surface area (Å²) in [4.78, 5) is 17.4. The zero-order valence-corrected chi connectivity index (χ0v) is 13.2. The molecule has 1 atom stereocenters. The number of methoxy groups -OCH3 is 1. The third-order valence-electron chi connectivity index (χ3n) is 4.00. The fraction of sp³-hybridized carbons (Fsp3) is 0.333. The molecule has 0 spiro atoms. The van der Waals surface area contributed by atoms with Crippen LogP contribution in [0.3, 0.4) is 0 Å². The van der Waals surface area contributed by atoms with Gasteiger partial charge in [-0.2, -0.15) is 0 Å². The Morgan fingerprint density at radius 3 is 2.96 bits per heavy atom. The summed E-state index contributed by atoms with van der Waals surface area (Å²) in [5, 5.41) is 3.35. The first-order chi connectivity index (χ1) is 11.2. The maximum atomic E-state index is 12.1. The van der Waals surface area contributed by atoms with Crippen molar-refractivity contribution in [3.8, 4) is 17.2 Å². The van der Waals surface area contributed by atoms with Crippen LogP contribution in [0.5, 0.6) is 17.2 Å². The highest BCUT2D eigenvalue weighted by molar-refractivity contribution is 7.15. The van der Waals surface area contributed by atoms with Gasteiger partial charge in [-0.15, -0.1) is 11.3 Å². The molecule has 0 aliphatic carbocycles. The predicted molar refractivity (Wildman–Crippen MR) is 84.0 cm³/mol. The van der Waals surface area contributed by atoms with Crippen molar-refractivity contribution in [2.24, 2.45) is 0 Å². The van der Waals surface area contributed by atoms with Gasteiger partial charge in [0.25, 0.3) is 0 Å². The van der Waals surface area contributed by atoms with E-state index < -0.39 is 0 Å². The molecule has 1 aromatic heterocycles. The summed E-state index contributed by atoms with van der Waals surface area (Å²) in [5.74, 6) is 1.76. The van der Waals surface area contributed by atoms with Gasteiger partial charge in [0.1, 0.15) is 5.75 Å². The lowest BCUT2D eigenvalue weighted by molar-refractivity contribution is -0.121. The van der Waals surface area contributed by atoms with Crippen molar-refractivity contribution in [2.75, 3.05) is 19.6 Å². The molecule has 1 aromatic carbocycles. The van der Waals surface area contributed by atoms with Crippen molar-refractivity contribution < 1.29 is 19.0 Å². The van der Waals surface area contributed by atoms with Gasteiger partial charge >= 0.3 is 0 Å². The number of nitrogens with one attached hydrogen (secondary N) is 1. The van der Waals surface area contributed by atoms with Gasteiger partial charge in [0.05, 0.1) is 19.3 Å². The number of nitrogens with two attached hydrogens (primary N) is 1. The second kappa shape index (κ2) is 5.31. The smallest absolute Gasteiger partial charge is 0.231 e. The van der Waals surface area contributed by atoms with E-state index in [0.717, 1.165) is 16.1 Å². The van der Waals surface area contributed by atoms with E-state index in [4.69, 9.17) is 19.9 Å². The average molecular weight is 333 g/mol. The maximum absolute atomic E-state index is 12.1. The molecule has 23 heavy (non-hydrogen) atoms. The predicted octanol–water partition coefficient (Wildman–Crippen LogP) is 1.61. The normalized spacial score (nSPS) is 19.0. The topological polar surface area (TPSA) is 95.7 Å². The minimum absolute atomic E-state index is 0.0292. The second-order valence-electron chi connectivity index (χ2n) is 5.34. The largest absolute Gasteiger partial charge is 0.496 e. The van der Waals surface area contributed by atoms with Crippen LogP contribution in [0.4, 0.5) is 5.13 Å². The molecule has 0 saturated carbocycles. The lowest BCUT2D eigenvalue weighted by Gasteiger charge is -2.17. The van der Waals surface area contributed by atoms with Gasteiger partial charge in [-0.3, -0.25) is 4.79 Å². The van der Waals surface area contributed by atoms with E-state index in [0.29, 0.717) is 35.3 Å². The fourth-order valence-corrected chi connectivity index (χ4v) is 3.92. The lowest BCUT2D eigenvalue weighted by atomic mass is 9.92. The minimum Gasteiger partial charge on any atom is -0.496 e. The van der Waals surface area contributed by atoms with Gasteiger partial charge in [-0.1, -0.05) is 0 Å². The number of thiazole rings is 1. The Balaban J connectivity index is 1.86. The van der Waals surface area contributed by atoms with Crippen LogP contribution >= 0.6 is 11.3 Å². The van der Waals surface area contributed by atoms with Crippen molar-refractivity contribution in [2.45, 2.75) is 18.9 Å². The Morgan fingerprint density at radius 1 is 1.39 bits per heavy atom. The van der Waals surface area contributed by atoms with Crippen molar-refractivity contribution in [1.82, 2.24) is 10.3 Å². The molecule has 4 rings (SSSR count). The van der Waals surface area contributed by atoms with Crippen molar-refractivity contribution in [3.05, 3.63) is 28.3 Å². The number of carbonyl (C=O) groups is 1. The molecule has 0 saturated heterocycles. The number of ether oxygens (including phenoxy) is 3. The number of nitrogens with zero attached hydrogens (tertiary/aromatic N) is 1. The lowest BCUT2D eigenvalue weighted by Crippen LogP contribution is -2.21. The van der Waals surface area contributed by atoms with Crippen molar-refractivity contribution in [1.29, 1.82) is 0 Å². The average Bonchev–Trinajstić information content (AvgIpc) is 3.11. The Bertz CT molecular complexity index is 789. The van der Waals surface area contributed by atoms with Crippen LogP contribution in [-0.2, 0) is 11.3 Å². The van der Waals surface area contributed by atoms with Gasteiger partial charge < -0.3 is 25.3 Å². The summed E-state index contributed by atoms with van der Waals surface area (Å²) >= 11 is 1.41. The quantitative estimate of drug-likeness (QED) is 0.867. The Labute approximate surface area is 136 Å². The number of aromatic nitrogens is 1. The molecule has 2 aliphatic rings. The number of amides is 1. The molecule has 0 unspecified atom stereocenters. The Hall–Kier alpha value is -2.48. The van der Waals surface area contributed by atoms with Gasteiger partial charge in [0.15, 0.2) is 16.6 Å². The van der Waals surface area contributed by atoms with Crippen LogP contribution in [0, 0.1) is 0 Å². The number of benzene rings is 1. The van der Waals surface area contributed by atoms with Gasteiger partial charge in [-0.05, 0) is 6.07 Å². The van der Waals surface area contributed by atoms with E-state index in [1.165, 1.54) is 11.3 Å². The maximum Gasteiger partial charge on any atom is 0.231 e. The minimum atomic E-state index is -0.174. The van der Waals surface area contributed by atoms with E-state index in [-0.39, 0.29) is 18.6 Å². The zero-order chi connectivity index (χ0) is 16.0. The standard InChI is InChI=1S/C15H15N3O4S/c1-20-10-4-12-11(21-6-22-12)2-7(10)8-3-13(19)17-5-9-14(8)23-15(16)18-9/h2,4,8H,3,5-6H2,1H3,(H2,16,18)(H,17,19)/t8-/m0/s1. The summed E-state index contributed by atoms with van der Waals surface area (Å²) in [5.41, 5.74) is 7.55. The number of anilines is 1. The van der Waals surface area contributed by atoms with E-state index >= 15 is 0 Å². The van der Waals surface area contributed by atoms with Crippen LogP contribution in [0.15, 0.2) is 12.1 Å². The number of hydrogen-bond donors (Lipinski definition) is 2. The fourth-order valence-electron chi connectivity index (χ4n) is 2.95. The summed E-state index contributed by atoms with van der Waals surface area (Å²) < 4.78 is 16.4. The van der Waals surface area contributed by atoms with Crippen LogP contribution in [0.2, 0.25) is 0 Å². The van der Waals surface area contributed by atoms with E-state index in [1.807, 2.05) is 6.07 Å². The summed E-state index contributed by atoms with van der Waals surface area (Å²) in [7, 11) is 1.60. The molecule has 7 nitrogen and oxygen atoms in total. The highest BCUT2D eigenvalue weighted by Gasteiger charge is 2.31. The van der Waals surface area contributed by atoms with Gasteiger partial charge in [0.2, 0.25) is 12.7 Å². The molecule has 0 fully saturated rings. The van der Waals surface area contributed by atoms with Gasteiger partial charge in [0, 0.05) is 28.8 Å². The molecular weight excluding hydrogens is 318 g/mol. The molecule has 3 heterocycles. The second-order valence-corrected chi connectivity index (χ2v) is 6.41. The first kappa shape index (κ1) is 14.1. The number of carbonyl (C=O) groups excluding carboxylic acids is 1. The monoisotopic (exact) mass is 333 g/mol. The van der Waals surface area contributed by atoms with E-state index in [9.17, 15) is 4.79 Å². The Morgan fingerprint density at radius 2 is 2.17 bits per heavy atom. The molecule has 0 bridgehead atoms. The first-order valence-corrected chi connectivity index (χ1v) is 7.96. The zero-order valence-electron chi connectivity index (χ0n) is 12.4. The highest BCUT2D eigenvalue weighted by atomic mass is 32.1. The third-order valence-corrected chi connectivity index (χ3v) is 5.04. The number of nitrogen functional groups attached to an aromatic ring is 1. The SMILES string of the molecule is COc1cc2c(cc1[C@@H]1CC(=O)NCc3nc(N)sc31)OCO2.